The number of benzene rings is 1. The third-order valence-corrected chi connectivity index (χ3v) is 3.42. The Kier molecular flexibility index (Phi) is 5.57. The van der Waals surface area contributed by atoms with Crippen molar-refractivity contribution in [1.82, 2.24) is 16.0 Å². The van der Waals surface area contributed by atoms with Gasteiger partial charge in [-0.05, 0) is 43.7 Å². The van der Waals surface area contributed by atoms with Crippen molar-refractivity contribution in [3.63, 3.8) is 0 Å². The molecule has 1 fully saturated rings. The number of hydrogen-bond donors (Lipinski definition) is 3. The molecule has 6 nitrogen and oxygen atoms in total. The molecule has 1 aromatic rings. The van der Waals surface area contributed by atoms with E-state index in [9.17, 15) is 9.59 Å². The van der Waals surface area contributed by atoms with Gasteiger partial charge in [0.1, 0.15) is 5.75 Å². The molecule has 0 saturated carbocycles. The Labute approximate surface area is 124 Å². The second kappa shape index (κ2) is 7.64. The Morgan fingerprint density at radius 3 is 2.71 bits per heavy atom. The molecule has 1 aliphatic rings. The molecule has 3 N–H and O–H groups in total. The van der Waals surface area contributed by atoms with Crippen molar-refractivity contribution in [2.75, 3.05) is 26.7 Å². The van der Waals surface area contributed by atoms with E-state index in [1.807, 2.05) is 0 Å². The lowest BCUT2D eigenvalue weighted by Crippen LogP contribution is -2.48. The number of nitrogens with one attached hydrogen (secondary N) is 3. The number of carbonyl (C=O) groups excluding carboxylic acids is 2. The Morgan fingerprint density at radius 1 is 1.33 bits per heavy atom. The SMILES string of the molecule is COc1ccc(C(=O)NCC(=O)N[C@H]2CCCNC2)cc1. The molecule has 1 atom stereocenters. The Bertz CT molecular complexity index is 481. The standard InChI is InChI=1S/C15H21N3O3/c1-21-13-6-4-11(5-7-13)15(20)17-10-14(19)18-12-3-2-8-16-9-12/h4-7,12,16H,2-3,8-10H2,1H3,(H,17,20)(H,18,19)/t12-/m0/s1. The average Bonchev–Trinajstić information content (AvgIpc) is 2.53. The van der Waals surface area contributed by atoms with Gasteiger partial charge in [0, 0.05) is 18.2 Å². The van der Waals surface area contributed by atoms with Crippen molar-refractivity contribution in [3.05, 3.63) is 29.8 Å². The van der Waals surface area contributed by atoms with E-state index in [0.29, 0.717) is 11.3 Å². The minimum atomic E-state index is -0.269. The summed E-state index contributed by atoms with van der Waals surface area (Å²) in [4.78, 5) is 23.7. The van der Waals surface area contributed by atoms with E-state index >= 15 is 0 Å². The minimum Gasteiger partial charge on any atom is -0.497 e. The van der Waals surface area contributed by atoms with Crippen molar-refractivity contribution >= 4 is 11.8 Å². The van der Waals surface area contributed by atoms with Gasteiger partial charge in [-0.15, -0.1) is 0 Å². The molecule has 0 spiro atoms. The third kappa shape index (κ3) is 4.75. The van der Waals surface area contributed by atoms with Crippen LogP contribution in [0.1, 0.15) is 23.2 Å². The lowest BCUT2D eigenvalue weighted by Gasteiger charge is -2.23. The largest absolute Gasteiger partial charge is 0.497 e. The van der Waals surface area contributed by atoms with Gasteiger partial charge in [0.2, 0.25) is 5.91 Å². The molecule has 1 aromatic carbocycles. The summed E-state index contributed by atoms with van der Waals surface area (Å²) in [5, 5.41) is 8.75. The molecule has 0 radical (unpaired) electrons. The summed E-state index contributed by atoms with van der Waals surface area (Å²) < 4.78 is 5.03. The molecule has 0 bridgehead atoms. The molecule has 21 heavy (non-hydrogen) atoms. The second-order valence-corrected chi connectivity index (χ2v) is 5.02. The van der Waals surface area contributed by atoms with Crippen molar-refractivity contribution < 1.29 is 14.3 Å². The summed E-state index contributed by atoms with van der Waals surface area (Å²) in [6, 6.07) is 6.91. The molecule has 0 aromatic heterocycles. The Balaban J connectivity index is 1.75. The summed E-state index contributed by atoms with van der Waals surface area (Å²) in [5.41, 5.74) is 0.503. The maximum Gasteiger partial charge on any atom is 0.251 e. The minimum absolute atomic E-state index is 0.0125. The van der Waals surface area contributed by atoms with E-state index in [0.717, 1.165) is 25.9 Å². The molecule has 1 heterocycles. The summed E-state index contributed by atoms with van der Waals surface area (Å²) in [5.74, 6) is 0.259. The molecule has 0 unspecified atom stereocenters. The zero-order valence-corrected chi connectivity index (χ0v) is 12.1. The van der Waals surface area contributed by atoms with Gasteiger partial charge in [0.15, 0.2) is 0 Å². The number of methoxy groups -OCH3 is 1. The van der Waals surface area contributed by atoms with Gasteiger partial charge in [0.25, 0.3) is 5.91 Å². The maximum atomic E-state index is 11.9. The summed E-state index contributed by atoms with van der Waals surface area (Å²) in [6.45, 7) is 1.78. The van der Waals surface area contributed by atoms with Crippen LogP contribution in [0.4, 0.5) is 0 Å². The highest BCUT2D eigenvalue weighted by atomic mass is 16.5. The summed E-state index contributed by atoms with van der Waals surface area (Å²) in [7, 11) is 1.57. The molecule has 114 valence electrons. The second-order valence-electron chi connectivity index (χ2n) is 5.02. The first-order valence-corrected chi connectivity index (χ1v) is 7.11. The highest BCUT2D eigenvalue weighted by Gasteiger charge is 2.15. The van der Waals surface area contributed by atoms with Gasteiger partial charge in [-0.2, -0.15) is 0 Å². The lowest BCUT2D eigenvalue weighted by molar-refractivity contribution is -0.120. The van der Waals surface area contributed by atoms with Crippen molar-refractivity contribution in [1.29, 1.82) is 0 Å². The van der Waals surface area contributed by atoms with E-state index in [-0.39, 0.29) is 24.4 Å². The monoisotopic (exact) mass is 291 g/mol. The van der Waals surface area contributed by atoms with E-state index < -0.39 is 0 Å². The fourth-order valence-electron chi connectivity index (χ4n) is 2.26. The van der Waals surface area contributed by atoms with Crippen LogP contribution >= 0.6 is 0 Å². The quantitative estimate of drug-likeness (QED) is 0.729. The third-order valence-electron chi connectivity index (χ3n) is 3.42. The first-order chi connectivity index (χ1) is 10.2. The fraction of sp³-hybridized carbons (Fsp3) is 0.467. The first kappa shape index (κ1) is 15.3. The number of amides is 2. The van der Waals surface area contributed by atoms with Crippen LogP contribution in [0.5, 0.6) is 5.75 Å². The molecular formula is C15H21N3O3. The molecule has 1 aliphatic heterocycles. The molecule has 2 amide bonds. The van der Waals surface area contributed by atoms with Gasteiger partial charge >= 0.3 is 0 Å². The predicted octanol–water partition coefficient (Wildman–Crippen LogP) is 0.293. The van der Waals surface area contributed by atoms with Crippen LogP contribution in [0.25, 0.3) is 0 Å². The highest BCUT2D eigenvalue weighted by Crippen LogP contribution is 2.10. The lowest BCUT2D eigenvalue weighted by atomic mass is 10.1. The normalized spacial score (nSPS) is 17.9. The Morgan fingerprint density at radius 2 is 2.10 bits per heavy atom. The summed E-state index contributed by atoms with van der Waals surface area (Å²) >= 11 is 0. The predicted molar refractivity (Wildman–Crippen MR) is 79.4 cm³/mol. The average molecular weight is 291 g/mol. The molecule has 1 saturated heterocycles. The number of ether oxygens (including phenoxy) is 1. The van der Waals surface area contributed by atoms with E-state index in [1.165, 1.54) is 0 Å². The molecule has 0 aliphatic carbocycles. The summed E-state index contributed by atoms with van der Waals surface area (Å²) in [6.07, 6.45) is 2.04. The topological polar surface area (TPSA) is 79.5 Å². The van der Waals surface area contributed by atoms with E-state index in [1.54, 1.807) is 31.4 Å². The zero-order valence-electron chi connectivity index (χ0n) is 12.1. The number of hydrogen-bond acceptors (Lipinski definition) is 4. The highest BCUT2D eigenvalue weighted by molar-refractivity contribution is 5.96. The van der Waals surface area contributed by atoms with Gasteiger partial charge in [-0.1, -0.05) is 0 Å². The Hall–Kier alpha value is -2.08. The van der Waals surface area contributed by atoms with E-state index in [2.05, 4.69) is 16.0 Å². The van der Waals surface area contributed by atoms with Gasteiger partial charge < -0.3 is 20.7 Å². The van der Waals surface area contributed by atoms with Crippen molar-refractivity contribution in [2.45, 2.75) is 18.9 Å². The number of piperidine rings is 1. The van der Waals surface area contributed by atoms with Crippen LogP contribution in [0.3, 0.4) is 0 Å². The van der Waals surface area contributed by atoms with Crippen LogP contribution < -0.4 is 20.7 Å². The maximum absolute atomic E-state index is 11.9. The van der Waals surface area contributed by atoms with Crippen LogP contribution in [-0.2, 0) is 4.79 Å². The zero-order chi connectivity index (χ0) is 15.1. The van der Waals surface area contributed by atoms with Gasteiger partial charge in [-0.3, -0.25) is 9.59 Å². The number of carbonyl (C=O) groups is 2. The van der Waals surface area contributed by atoms with E-state index in [4.69, 9.17) is 4.74 Å². The smallest absolute Gasteiger partial charge is 0.251 e. The first-order valence-electron chi connectivity index (χ1n) is 7.11. The molecule has 6 heteroatoms. The molecular weight excluding hydrogens is 270 g/mol. The van der Waals surface area contributed by atoms with Crippen molar-refractivity contribution in [2.24, 2.45) is 0 Å². The van der Waals surface area contributed by atoms with Crippen molar-refractivity contribution in [3.8, 4) is 5.75 Å². The molecule has 2 rings (SSSR count). The van der Waals surface area contributed by atoms with Crippen LogP contribution in [0, 0.1) is 0 Å². The van der Waals surface area contributed by atoms with Gasteiger partial charge in [0.05, 0.1) is 13.7 Å². The fourth-order valence-corrected chi connectivity index (χ4v) is 2.26. The van der Waals surface area contributed by atoms with Crippen LogP contribution in [-0.4, -0.2) is 44.6 Å². The van der Waals surface area contributed by atoms with Gasteiger partial charge in [-0.25, -0.2) is 0 Å². The van der Waals surface area contributed by atoms with Crippen LogP contribution in [0.15, 0.2) is 24.3 Å². The number of rotatable bonds is 5. The van der Waals surface area contributed by atoms with Crippen LogP contribution in [0.2, 0.25) is 0 Å².